The van der Waals surface area contributed by atoms with Crippen LogP contribution in [0, 0.1) is 0 Å². The average molecular weight is 279 g/mol. The first kappa shape index (κ1) is 14.5. The van der Waals surface area contributed by atoms with Crippen molar-refractivity contribution < 1.29 is 9.59 Å². The Morgan fingerprint density at radius 1 is 1.45 bits per heavy atom. The van der Waals surface area contributed by atoms with Gasteiger partial charge in [-0.2, -0.15) is 5.10 Å². The highest BCUT2D eigenvalue weighted by molar-refractivity contribution is 5.93. The molecule has 0 radical (unpaired) electrons. The predicted molar refractivity (Wildman–Crippen MR) is 72.5 cm³/mol. The molecule has 1 aliphatic heterocycles. The Morgan fingerprint density at radius 3 is 2.80 bits per heavy atom. The lowest BCUT2D eigenvalue weighted by Crippen LogP contribution is -2.53. The Labute approximate surface area is 118 Å². The number of nitrogens with one attached hydrogen (secondary N) is 1. The molecule has 2 heterocycles. The Hall–Kier alpha value is -1.92. The summed E-state index contributed by atoms with van der Waals surface area (Å²) in [5.41, 5.74) is -0.890. The maximum Gasteiger partial charge on any atom is 0.248 e. The van der Waals surface area contributed by atoms with Crippen LogP contribution in [0.25, 0.3) is 0 Å². The SMILES string of the molecule is CCn1ncnc1CN1C(=O)C(C)(C)NC(=O)CC1C. The molecule has 2 rings (SSSR count). The van der Waals surface area contributed by atoms with Crippen molar-refractivity contribution in [1.29, 1.82) is 0 Å². The average Bonchev–Trinajstić information content (AvgIpc) is 2.78. The van der Waals surface area contributed by atoms with Crippen LogP contribution in [0.5, 0.6) is 0 Å². The fraction of sp³-hybridized carbons (Fsp3) is 0.692. The van der Waals surface area contributed by atoms with Gasteiger partial charge in [-0.3, -0.25) is 9.59 Å². The summed E-state index contributed by atoms with van der Waals surface area (Å²) in [5, 5.41) is 6.87. The molecule has 1 fully saturated rings. The summed E-state index contributed by atoms with van der Waals surface area (Å²) >= 11 is 0. The zero-order valence-electron chi connectivity index (χ0n) is 12.4. The second-order valence-electron chi connectivity index (χ2n) is 5.65. The van der Waals surface area contributed by atoms with Gasteiger partial charge in [0.2, 0.25) is 11.8 Å². The Morgan fingerprint density at radius 2 is 2.15 bits per heavy atom. The molecule has 0 bridgehead atoms. The topological polar surface area (TPSA) is 80.1 Å². The maximum absolute atomic E-state index is 12.6. The number of carbonyl (C=O) groups excluding carboxylic acids is 2. The minimum Gasteiger partial charge on any atom is -0.342 e. The highest BCUT2D eigenvalue weighted by Crippen LogP contribution is 2.20. The van der Waals surface area contributed by atoms with Gasteiger partial charge in [-0.25, -0.2) is 9.67 Å². The first-order valence-corrected chi connectivity index (χ1v) is 6.84. The van der Waals surface area contributed by atoms with E-state index in [1.54, 1.807) is 23.4 Å². The molecule has 0 aromatic carbocycles. The minimum atomic E-state index is -0.890. The molecule has 1 saturated heterocycles. The van der Waals surface area contributed by atoms with E-state index in [0.29, 0.717) is 19.5 Å². The smallest absolute Gasteiger partial charge is 0.248 e. The monoisotopic (exact) mass is 279 g/mol. The van der Waals surface area contributed by atoms with E-state index in [0.717, 1.165) is 5.82 Å². The molecule has 7 heteroatoms. The third kappa shape index (κ3) is 2.66. The molecule has 20 heavy (non-hydrogen) atoms. The lowest BCUT2D eigenvalue weighted by molar-refractivity contribution is -0.139. The van der Waals surface area contributed by atoms with Crippen molar-refractivity contribution in [3.63, 3.8) is 0 Å². The molecule has 0 saturated carbocycles. The van der Waals surface area contributed by atoms with Gasteiger partial charge in [0.15, 0.2) is 0 Å². The first-order valence-electron chi connectivity index (χ1n) is 6.84. The van der Waals surface area contributed by atoms with Gasteiger partial charge >= 0.3 is 0 Å². The van der Waals surface area contributed by atoms with Crippen LogP contribution in [0.2, 0.25) is 0 Å². The van der Waals surface area contributed by atoms with Crippen molar-refractivity contribution in [2.75, 3.05) is 0 Å². The number of amides is 2. The van der Waals surface area contributed by atoms with Crippen LogP contribution < -0.4 is 5.32 Å². The quantitative estimate of drug-likeness (QED) is 0.863. The van der Waals surface area contributed by atoms with E-state index in [2.05, 4.69) is 15.4 Å². The molecule has 1 atom stereocenters. The first-order chi connectivity index (χ1) is 9.35. The summed E-state index contributed by atoms with van der Waals surface area (Å²) in [6, 6.07) is -0.161. The summed E-state index contributed by atoms with van der Waals surface area (Å²) in [7, 11) is 0. The highest BCUT2D eigenvalue weighted by Gasteiger charge is 2.39. The van der Waals surface area contributed by atoms with Gasteiger partial charge in [0.25, 0.3) is 0 Å². The van der Waals surface area contributed by atoms with Crippen molar-refractivity contribution >= 4 is 11.8 Å². The molecule has 0 aliphatic carbocycles. The van der Waals surface area contributed by atoms with E-state index in [4.69, 9.17) is 0 Å². The lowest BCUT2D eigenvalue weighted by atomic mass is 10.0. The molecular weight excluding hydrogens is 258 g/mol. The lowest BCUT2D eigenvalue weighted by Gasteiger charge is -2.31. The number of aryl methyl sites for hydroxylation is 1. The molecule has 1 aliphatic rings. The largest absolute Gasteiger partial charge is 0.342 e. The van der Waals surface area contributed by atoms with Crippen molar-refractivity contribution in [1.82, 2.24) is 25.0 Å². The normalized spacial score (nSPS) is 22.6. The number of rotatable bonds is 3. The summed E-state index contributed by atoms with van der Waals surface area (Å²) in [5.74, 6) is 0.537. The van der Waals surface area contributed by atoms with Crippen LogP contribution in [0.3, 0.4) is 0 Å². The van der Waals surface area contributed by atoms with Gasteiger partial charge in [-0.1, -0.05) is 0 Å². The van der Waals surface area contributed by atoms with Crippen LogP contribution in [0.15, 0.2) is 6.33 Å². The molecule has 1 aromatic rings. The summed E-state index contributed by atoms with van der Waals surface area (Å²) < 4.78 is 1.76. The van der Waals surface area contributed by atoms with Crippen molar-refractivity contribution in [2.24, 2.45) is 0 Å². The van der Waals surface area contributed by atoms with Crippen LogP contribution in [-0.4, -0.2) is 43.1 Å². The molecule has 1 N–H and O–H groups in total. The standard InChI is InChI=1S/C13H21N5O2/c1-5-18-10(14-8-15-18)7-17-9(2)6-11(19)16-13(3,4)12(17)20/h8-9H,5-7H2,1-4H3,(H,16,19). The van der Waals surface area contributed by atoms with E-state index in [1.165, 1.54) is 6.33 Å². The van der Waals surface area contributed by atoms with E-state index < -0.39 is 5.54 Å². The van der Waals surface area contributed by atoms with E-state index in [-0.39, 0.29) is 17.9 Å². The van der Waals surface area contributed by atoms with Crippen LogP contribution in [0.1, 0.15) is 39.9 Å². The summed E-state index contributed by atoms with van der Waals surface area (Å²) in [6.07, 6.45) is 1.79. The fourth-order valence-electron chi connectivity index (χ4n) is 2.45. The number of hydrogen-bond acceptors (Lipinski definition) is 4. The van der Waals surface area contributed by atoms with Gasteiger partial charge in [0, 0.05) is 19.0 Å². The highest BCUT2D eigenvalue weighted by atomic mass is 16.2. The van der Waals surface area contributed by atoms with Gasteiger partial charge in [-0.05, 0) is 27.7 Å². The third-order valence-electron chi connectivity index (χ3n) is 3.57. The maximum atomic E-state index is 12.6. The van der Waals surface area contributed by atoms with E-state index in [1.807, 2.05) is 13.8 Å². The molecule has 2 amide bonds. The molecule has 0 spiro atoms. The predicted octanol–water partition coefficient (Wildman–Crippen LogP) is 0.314. The second-order valence-corrected chi connectivity index (χ2v) is 5.65. The third-order valence-corrected chi connectivity index (χ3v) is 3.57. The van der Waals surface area contributed by atoms with Gasteiger partial charge in [0.05, 0.1) is 6.54 Å². The van der Waals surface area contributed by atoms with Gasteiger partial charge < -0.3 is 10.2 Å². The number of nitrogens with zero attached hydrogens (tertiary/aromatic N) is 4. The molecule has 110 valence electrons. The van der Waals surface area contributed by atoms with Gasteiger partial charge in [0.1, 0.15) is 17.7 Å². The van der Waals surface area contributed by atoms with Crippen LogP contribution >= 0.6 is 0 Å². The van der Waals surface area contributed by atoms with Crippen LogP contribution in [0.4, 0.5) is 0 Å². The van der Waals surface area contributed by atoms with Crippen LogP contribution in [-0.2, 0) is 22.7 Å². The number of hydrogen-bond donors (Lipinski definition) is 1. The number of carbonyl (C=O) groups is 2. The minimum absolute atomic E-state index is 0.0958. The molecule has 1 aromatic heterocycles. The van der Waals surface area contributed by atoms with Gasteiger partial charge in [-0.15, -0.1) is 0 Å². The second kappa shape index (κ2) is 5.22. The Balaban J connectivity index is 2.28. The Kier molecular flexibility index (Phi) is 3.78. The zero-order chi connectivity index (χ0) is 14.9. The summed E-state index contributed by atoms with van der Waals surface area (Å²) in [4.78, 5) is 30.3. The van der Waals surface area contributed by atoms with Crippen molar-refractivity contribution in [3.05, 3.63) is 12.2 Å². The Bertz CT molecular complexity index is 523. The zero-order valence-corrected chi connectivity index (χ0v) is 12.4. The molecule has 1 unspecified atom stereocenters. The van der Waals surface area contributed by atoms with Crippen molar-refractivity contribution in [3.8, 4) is 0 Å². The molecule has 7 nitrogen and oxygen atoms in total. The van der Waals surface area contributed by atoms with E-state index >= 15 is 0 Å². The fourth-order valence-corrected chi connectivity index (χ4v) is 2.45. The number of aromatic nitrogens is 3. The summed E-state index contributed by atoms with van der Waals surface area (Å²) in [6.45, 7) is 8.37. The molecular formula is C13H21N5O2. The van der Waals surface area contributed by atoms with E-state index in [9.17, 15) is 9.59 Å². The van der Waals surface area contributed by atoms with Crippen molar-refractivity contribution in [2.45, 2.75) is 58.8 Å².